The summed E-state index contributed by atoms with van der Waals surface area (Å²) in [6, 6.07) is 6.43. The number of benzene rings is 1. The van der Waals surface area contributed by atoms with E-state index in [-0.39, 0.29) is 5.82 Å². The molecule has 0 nitrogen and oxygen atoms in total. The van der Waals surface area contributed by atoms with Gasteiger partial charge in [-0.1, -0.05) is 30.6 Å². The number of allylic oxidation sites excluding steroid dienone is 1. The third kappa shape index (κ3) is 2.25. The molecule has 0 radical (unpaired) electrons. The van der Waals surface area contributed by atoms with E-state index in [0.29, 0.717) is 5.56 Å². The Labute approximate surface area is 71.7 Å². The second-order valence-electron chi connectivity index (χ2n) is 2.51. The molecule has 0 amide bonds. The van der Waals surface area contributed by atoms with E-state index >= 15 is 0 Å². The maximum atomic E-state index is 12.9. The van der Waals surface area contributed by atoms with Gasteiger partial charge in [0.2, 0.25) is 0 Å². The maximum Gasteiger partial charge on any atom is 0.138 e. The molecule has 1 rings (SSSR count). The summed E-state index contributed by atoms with van der Waals surface area (Å²) in [5.41, 5.74) is 1.15. The molecule has 0 bridgehead atoms. The quantitative estimate of drug-likeness (QED) is 0.512. The zero-order valence-corrected chi connectivity index (χ0v) is 6.89. The summed E-state index contributed by atoms with van der Waals surface area (Å²) in [4.78, 5) is 0. The standard InChI is InChI=1S/C11H9F/c1-9(2)7-8-10-5-3-4-6-11(10)12/h3-6H,1H2,2H3. The molecule has 0 aromatic heterocycles. The first-order chi connectivity index (χ1) is 5.70. The molecule has 0 saturated carbocycles. The van der Waals surface area contributed by atoms with Gasteiger partial charge in [0.25, 0.3) is 0 Å². The van der Waals surface area contributed by atoms with Crippen LogP contribution in [0.2, 0.25) is 0 Å². The van der Waals surface area contributed by atoms with E-state index in [1.54, 1.807) is 25.1 Å². The molecular formula is C11H9F. The predicted molar refractivity (Wildman–Crippen MR) is 48.1 cm³/mol. The molecule has 0 aliphatic heterocycles. The summed E-state index contributed by atoms with van der Waals surface area (Å²) in [6.45, 7) is 5.39. The van der Waals surface area contributed by atoms with Crippen LogP contribution >= 0.6 is 0 Å². The average molecular weight is 160 g/mol. The van der Waals surface area contributed by atoms with Crippen molar-refractivity contribution in [3.8, 4) is 11.8 Å². The Bertz CT molecular complexity index is 353. The lowest BCUT2D eigenvalue weighted by atomic mass is 10.2. The van der Waals surface area contributed by atoms with Crippen LogP contribution in [0.25, 0.3) is 0 Å². The van der Waals surface area contributed by atoms with E-state index < -0.39 is 0 Å². The van der Waals surface area contributed by atoms with Gasteiger partial charge in [0.05, 0.1) is 5.56 Å². The van der Waals surface area contributed by atoms with Crippen molar-refractivity contribution < 1.29 is 4.39 Å². The highest BCUT2D eigenvalue weighted by molar-refractivity contribution is 5.39. The molecule has 0 saturated heterocycles. The number of rotatable bonds is 0. The minimum absolute atomic E-state index is 0.286. The highest BCUT2D eigenvalue weighted by Gasteiger charge is 1.93. The first-order valence-corrected chi connectivity index (χ1v) is 3.62. The van der Waals surface area contributed by atoms with Gasteiger partial charge in [-0.05, 0) is 24.6 Å². The summed E-state index contributed by atoms with van der Waals surface area (Å²) in [6.07, 6.45) is 0. The van der Waals surface area contributed by atoms with Crippen molar-refractivity contribution >= 4 is 0 Å². The molecule has 60 valence electrons. The van der Waals surface area contributed by atoms with Crippen LogP contribution in [0.15, 0.2) is 36.4 Å². The fourth-order valence-electron chi connectivity index (χ4n) is 0.737. The van der Waals surface area contributed by atoms with Gasteiger partial charge in [-0.25, -0.2) is 4.39 Å². The maximum absolute atomic E-state index is 12.9. The van der Waals surface area contributed by atoms with Crippen LogP contribution in [-0.4, -0.2) is 0 Å². The molecule has 0 spiro atoms. The van der Waals surface area contributed by atoms with Crippen LogP contribution in [0.1, 0.15) is 12.5 Å². The molecule has 1 heteroatoms. The van der Waals surface area contributed by atoms with Crippen molar-refractivity contribution in [1.29, 1.82) is 0 Å². The van der Waals surface area contributed by atoms with E-state index in [0.717, 1.165) is 5.57 Å². The van der Waals surface area contributed by atoms with Crippen molar-refractivity contribution in [3.63, 3.8) is 0 Å². The van der Waals surface area contributed by atoms with Crippen LogP contribution in [-0.2, 0) is 0 Å². The van der Waals surface area contributed by atoms with Crippen LogP contribution in [0.5, 0.6) is 0 Å². The second kappa shape index (κ2) is 3.73. The Hall–Kier alpha value is -1.55. The number of hydrogen-bond acceptors (Lipinski definition) is 0. The Balaban J connectivity index is 2.99. The smallest absolute Gasteiger partial charge is 0.138 e. The van der Waals surface area contributed by atoms with E-state index in [1.165, 1.54) is 6.07 Å². The van der Waals surface area contributed by atoms with Gasteiger partial charge < -0.3 is 0 Å². The molecule has 0 heterocycles. The van der Waals surface area contributed by atoms with Gasteiger partial charge >= 0.3 is 0 Å². The van der Waals surface area contributed by atoms with Crippen LogP contribution < -0.4 is 0 Å². The minimum Gasteiger partial charge on any atom is -0.206 e. The average Bonchev–Trinajstić information content (AvgIpc) is 2.03. The van der Waals surface area contributed by atoms with E-state index in [1.807, 2.05) is 0 Å². The summed E-state index contributed by atoms with van der Waals surface area (Å²) >= 11 is 0. The Kier molecular flexibility index (Phi) is 2.66. The third-order valence-electron chi connectivity index (χ3n) is 1.28. The molecular weight excluding hydrogens is 151 g/mol. The highest BCUT2D eigenvalue weighted by atomic mass is 19.1. The number of halogens is 1. The fourth-order valence-corrected chi connectivity index (χ4v) is 0.737. The summed E-state index contributed by atoms with van der Waals surface area (Å²) in [5.74, 6) is 5.12. The minimum atomic E-state index is -0.286. The van der Waals surface area contributed by atoms with Crippen molar-refractivity contribution in [2.75, 3.05) is 0 Å². The van der Waals surface area contributed by atoms with E-state index in [2.05, 4.69) is 18.4 Å². The first kappa shape index (κ1) is 8.55. The molecule has 0 aliphatic carbocycles. The lowest BCUT2D eigenvalue weighted by molar-refractivity contribution is 0.624. The summed E-state index contributed by atoms with van der Waals surface area (Å²) < 4.78 is 12.9. The third-order valence-corrected chi connectivity index (χ3v) is 1.28. The van der Waals surface area contributed by atoms with Gasteiger partial charge in [0.1, 0.15) is 5.82 Å². The zero-order chi connectivity index (χ0) is 8.97. The van der Waals surface area contributed by atoms with Crippen LogP contribution in [0.4, 0.5) is 4.39 Å². The first-order valence-electron chi connectivity index (χ1n) is 3.62. The highest BCUT2D eigenvalue weighted by Crippen LogP contribution is 2.03. The van der Waals surface area contributed by atoms with Crippen molar-refractivity contribution in [2.24, 2.45) is 0 Å². The van der Waals surface area contributed by atoms with Gasteiger partial charge in [-0.2, -0.15) is 0 Å². The van der Waals surface area contributed by atoms with Crippen molar-refractivity contribution in [2.45, 2.75) is 6.92 Å². The fraction of sp³-hybridized carbons (Fsp3) is 0.0909. The molecule has 0 fully saturated rings. The van der Waals surface area contributed by atoms with Gasteiger partial charge in [-0.15, -0.1) is 0 Å². The summed E-state index contributed by atoms with van der Waals surface area (Å²) in [7, 11) is 0. The van der Waals surface area contributed by atoms with Crippen LogP contribution in [0, 0.1) is 17.7 Å². The monoisotopic (exact) mass is 160 g/mol. The van der Waals surface area contributed by atoms with Crippen LogP contribution in [0.3, 0.4) is 0 Å². The predicted octanol–water partition coefficient (Wildman–Crippen LogP) is 2.75. The van der Waals surface area contributed by atoms with Gasteiger partial charge in [-0.3, -0.25) is 0 Å². The Morgan fingerprint density at radius 1 is 1.42 bits per heavy atom. The zero-order valence-electron chi connectivity index (χ0n) is 6.89. The van der Waals surface area contributed by atoms with Crippen molar-refractivity contribution in [3.05, 3.63) is 47.8 Å². The molecule has 0 aliphatic rings. The van der Waals surface area contributed by atoms with Crippen molar-refractivity contribution in [1.82, 2.24) is 0 Å². The topological polar surface area (TPSA) is 0 Å². The Morgan fingerprint density at radius 3 is 2.67 bits per heavy atom. The molecule has 1 aromatic carbocycles. The SMILES string of the molecule is C=C(C)C#Cc1ccccc1F. The lowest BCUT2D eigenvalue weighted by Gasteiger charge is -1.90. The molecule has 0 N–H and O–H groups in total. The molecule has 0 atom stereocenters. The Morgan fingerprint density at radius 2 is 2.08 bits per heavy atom. The molecule has 0 unspecified atom stereocenters. The van der Waals surface area contributed by atoms with Gasteiger partial charge in [0, 0.05) is 0 Å². The molecule has 12 heavy (non-hydrogen) atoms. The summed E-state index contributed by atoms with van der Waals surface area (Å²) in [5, 5.41) is 0. The second-order valence-corrected chi connectivity index (χ2v) is 2.51. The van der Waals surface area contributed by atoms with E-state index in [9.17, 15) is 4.39 Å². The van der Waals surface area contributed by atoms with Gasteiger partial charge in [0.15, 0.2) is 0 Å². The lowest BCUT2D eigenvalue weighted by Crippen LogP contribution is -1.80. The normalized spacial score (nSPS) is 8.50. The molecule has 1 aromatic rings. The van der Waals surface area contributed by atoms with E-state index in [4.69, 9.17) is 0 Å². The number of hydrogen-bond donors (Lipinski definition) is 0. The largest absolute Gasteiger partial charge is 0.206 e.